The lowest BCUT2D eigenvalue weighted by Gasteiger charge is -2.15. The van der Waals surface area contributed by atoms with Crippen molar-refractivity contribution in [2.75, 3.05) is 13.4 Å². The minimum atomic E-state index is -1.05. The topological polar surface area (TPSA) is 55.1 Å². The van der Waals surface area contributed by atoms with E-state index in [0.717, 1.165) is 6.04 Å². The van der Waals surface area contributed by atoms with Gasteiger partial charge in [0, 0.05) is 20.9 Å². The number of aromatic nitrogens is 1. The van der Waals surface area contributed by atoms with Crippen molar-refractivity contribution in [2.24, 2.45) is 0 Å². The van der Waals surface area contributed by atoms with Gasteiger partial charge in [0.2, 0.25) is 0 Å². The van der Waals surface area contributed by atoms with E-state index in [1.807, 2.05) is 6.07 Å². The van der Waals surface area contributed by atoms with Gasteiger partial charge in [0.25, 0.3) is 0 Å². The highest BCUT2D eigenvalue weighted by molar-refractivity contribution is 6.76. The molecule has 0 amide bonds. The number of nitriles is 1. The molecular formula is C12H18N2O2Si. The molecule has 0 aliphatic heterocycles. The fourth-order valence-corrected chi connectivity index (χ4v) is 1.89. The summed E-state index contributed by atoms with van der Waals surface area (Å²) in [4.78, 5) is 3.90. The van der Waals surface area contributed by atoms with Crippen LogP contribution in [0.2, 0.25) is 25.7 Å². The molecule has 0 saturated heterocycles. The molecule has 0 aromatic carbocycles. The fourth-order valence-electron chi connectivity index (χ4n) is 1.13. The minimum absolute atomic E-state index is 0.171. The van der Waals surface area contributed by atoms with Crippen LogP contribution in [0, 0.1) is 11.3 Å². The van der Waals surface area contributed by atoms with Crippen molar-refractivity contribution in [3.63, 3.8) is 0 Å². The van der Waals surface area contributed by atoms with Gasteiger partial charge < -0.3 is 9.47 Å². The number of rotatable bonds is 6. The van der Waals surface area contributed by atoms with Crippen molar-refractivity contribution in [1.29, 1.82) is 5.26 Å². The Kier molecular flexibility index (Phi) is 5.13. The molecule has 5 heteroatoms. The van der Waals surface area contributed by atoms with Crippen LogP contribution in [0.1, 0.15) is 5.69 Å². The summed E-state index contributed by atoms with van der Waals surface area (Å²) in [6.45, 7) is 7.77. The number of hydrogen-bond donors (Lipinski definition) is 0. The van der Waals surface area contributed by atoms with Crippen LogP contribution >= 0.6 is 0 Å². The Morgan fingerprint density at radius 3 is 2.82 bits per heavy atom. The van der Waals surface area contributed by atoms with E-state index in [9.17, 15) is 0 Å². The molecule has 0 aliphatic rings. The first-order valence-corrected chi connectivity index (χ1v) is 9.29. The predicted molar refractivity (Wildman–Crippen MR) is 68.6 cm³/mol. The molecule has 1 aromatic heterocycles. The third-order valence-corrected chi connectivity index (χ3v) is 3.87. The molecule has 92 valence electrons. The summed E-state index contributed by atoms with van der Waals surface area (Å²) in [6, 6.07) is 6.53. The Bertz CT molecular complexity index is 396. The van der Waals surface area contributed by atoms with Crippen LogP contribution < -0.4 is 4.74 Å². The van der Waals surface area contributed by atoms with Gasteiger partial charge in [-0.05, 0) is 18.2 Å². The molecule has 1 aromatic rings. The van der Waals surface area contributed by atoms with Crippen LogP contribution in [0.3, 0.4) is 0 Å². The summed E-state index contributed by atoms with van der Waals surface area (Å²) in [5.74, 6) is 0.475. The Morgan fingerprint density at radius 1 is 1.41 bits per heavy atom. The first kappa shape index (κ1) is 13.7. The quantitative estimate of drug-likeness (QED) is 0.442. The first-order valence-electron chi connectivity index (χ1n) is 5.58. The van der Waals surface area contributed by atoms with E-state index < -0.39 is 8.07 Å². The maximum absolute atomic E-state index is 8.80. The van der Waals surface area contributed by atoms with Crippen molar-refractivity contribution < 1.29 is 9.47 Å². The van der Waals surface area contributed by atoms with Gasteiger partial charge in [-0.25, -0.2) is 4.98 Å². The average Bonchev–Trinajstić information content (AvgIpc) is 2.27. The lowest BCUT2D eigenvalue weighted by atomic mass is 10.3. The standard InChI is InChI=1S/C12H18N2O2Si/c1-17(2,3)8-7-15-10-16-12-5-4-6-14-11(12)9-13/h4-6H,7-8,10H2,1-3H3. The smallest absolute Gasteiger partial charge is 0.189 e. The normalized spacial score (nSPS) is 10.9. The van der Waals surface area contributed by atoms with Crippen LogP contribution in [0.25, 0.3) is 0 Å². The number of hydrogen-bond acceptors (Lipinski definition) is 4. The van der Waals surface area contributed by atoms with Gasteiger partial charge in [-0.15, -0.1) is 0 Å². The van der Waals surface area contributed by atoms with Gasteiger partial charge >= 0.3 is 0 Å². The van der Waals surface area contributed by atoms with Crippen LogP contribution in [0.4, 0.5) is 0 Å². The zero-order valence-electron chi connectivity index (χ0n) is 10.6. The Morgan fingerprint density at radius 2 is 2.18 bits per heavy atom. The predicted octanol–water partition coefficient (Wildman–Crippen LogP) is 2.64. The third kappa shape index (κ3) is 5.47. The van der Waals surface area contributed by atoms with Crippen molar-refractivity contribution in [3.8, 4) is 11.8 Å². The van der Waals surface area contributed by atoms with Gasteiger partial charge in [0.05, 0.1) is 0 Å². The van der Waals surface area contributed by atoms with Gasteiger partial charge in [-0.2, -0.15) is 5.26 Å². The molecule has 0 N–H and O–H groups in total. The van der Waals surface area contributed by atoms with E-state index in [1.54, 1.807) is 18.3 Å². The first-order chi connectivity index (χ1) is 8.03. The molecule has 0 radical (unpaired) electrons. The zero-order chi connectivity index (χ0) is 12.7. The third-order valence-electron chi connectivity index (χ3n) is 2.17. The van der Waals surface area contributed by atoms with Crippen molar-refractivity contribution in [2.45, 2.75) is 25.7 Å². The maximum Gasteiger partial charge on any atom is 0.189 e. The van der Waals surface area contributed by atoms with Crippen molar-refractivity contribution in [3.05, 3.63) is 24.0 Å². The Balaban J connectivity index is 2.30. The molecule has 0 saturated carbocycles. The molecule has 4 nitrogen and oxygen atoms in total. The summed E-state index contributed by atoms with van der Waals surface area (Å²) < 4.78 is 10.7. The molecule has 1 rings (SSSR count). The molecule has 0 aliphatic carbocycles. The number of nitrogens with zero attached hydrogens (tertiary/aromatic N) is 2. The fraction of sp³-hybridized carbons (Fsp3) is 0.500. The molecule has 0 spiro atoms. The van der Waals surface area contributed by atoms with Gasteiger partial charge in [0.1, 0.15) is 6.07 Å². The summed E-state index contributed by atoms with van der Waals surface area (Å²) in [6.07, 6.45) is 1.57. The van der Waals surface area contributed by atoms with Gasteiger partial charge in [-0.3, -0.25) is 0 Å². The molecule has 0 unspecified atom stereocenters. The van der Waals surface area contributed by atoms with E-state index in [1.165, 1.54) is 0 Å². The highest BCUT2D eigenvalue weighted by Crippen LogP contribution is 2.14. The largest absolute Gasteiger partial charge is 0.464 e. The van der Waals surface area contributed by atoms with Crippen LogP contribution in [0.15, 0.2) is 18.3 Å². The maximum atomic E-state index is 8.80. The van der Waals surface area contributed by atoms with Crippen LogP contribution in [-0.4, -0.2) is 26.5 Å². The van der Waals surface area contributed by atoms with Crippen LogP contribution in [0.5, 0.6) is 5.75 Å². The van der Waals surface area contributed by atoms with Crippen molar-refractivity contribution >= 4 is 8.07 Å². The second kappa shape index (κ2) is 6.38. The number of ether oxygens (including phenoxy) is 2. The summed E-state index contributed by atoms with van der Waals surface area (Å²) in [7, 11) is -1.05. The average molecular weight is 250 g/mol. The van der Waals surface area contributed by atoms with Crippen molar-refractivity contribution in [1.82, 2.24) is 4.98 Å². The molecular weight excluding hydrogens is 232 g/mol. The minimum Gasteiger partial charge on any atom is -0.464 e. The second-order valence-electron chi connectivity index (χ2n) is 4.94. The monoisotopic (exact) mass is 250 g/mol. The molecule has 17 heavy (non-hydrogen) atoms. The lowest BCUT2D eigenvalue weighted by Crippen LogP contribution is -2.22. The molecule has 0 atom stereocenters. The summed E-state index contributed by atoms with van der Waals surface area (Å²) in [5, 5.41) is 8.80. The highest BCUT2D eigenvalue weighted by Gasteiger charge is 2.12. The second-order valence-corrected chi connectivity index (χ2v) is 10.6. The highest BCUT2D eigenvalue weighted by atomic mass is 28.3. The summed E-state index contributed by atoms with van der Waals surface area (Å²) >= 11 is 0. The van der Waals surface area contributed by atoms with E-state index in [4.69, 9.17) is 14.7 Å². The Labute approximate surface area is 103 Å². The Hall–Kier alpha value is -1.38. The van der Waals surface area contributed by atoms with E-state index >= 15 is 0 Å². The van der Waals surface area contributed by atoms with Gasteiger partial charge in [0.15, 0.2) is 18.2 Å². The molecule has 0 fully saturated rings. The van der Waals surface area contributed by atoms with E-state index in [-0.39, 0.29) is 6.79 Å². The number of pyridine rings is 1. The van der Waals surface area contributed by atoms with Gasteiger partial charge in [-0.1, -0.05) is 19.6 Å². The summed E-state index contributed by atoms with van der Waals surface area (Å²) in [5.41, 5.74) is 0.293. The van der Waals surface area contributed by atoms with E-state index in [2.05, 4.69) is 24.6 Å². The van der Waals surface area contributed by atoms with Crippen LogP contribution in [-0.2, 0) is 4.74 Å². The molecule has 0 bridgehead atoms. The SMILES string of the molecule is C[Si](C)(C)CCOCOc1cccnc1C#N. The zero-order valence-corrected chi connectivity index (χ0v) is 11.6. The molecule has 1 heterocycles. The lowest BCUT2D eigenvalue weighted by molar-refractivity contribution is 0.0216. The van der Waals surface area contributed by atoms with E-state index in [0.29, 0.717) is 18.1 Å².